The highest BCUT2D eigenvalue weighted by Crippen LogP contribution is 2.22. The fourth-order valence-electron chi connectivity index (χ4n) is 2.01. The van der Waals surface area contributed by atoms with E-state index in [-0.39, 0.29) is 0 Å². The van der Waals surface area contributed by atoms with E-state index in [0.717, 1.165) is 11.3 Å². The molecule has 0 N–H and O–H groups in total. The fraction of sp³-hybridized carbons (Fsp3) is 0. The van der Waals surface area contributed by atoms with Crippen molar-refractivity contribution in [2.45, 2.75) is 0 Å². The third kappa shape index (κ3) is 3.16. The van der Waals surface area contributed by atoms with Gasteiger partial charge in [-0.2, -0.15) is 9.98 Å². The standard InChI is InChI=1S/C16H9N5O2/c22-10-17-13-3-1-12(2-4-13)16-9-21(20-19-16)15-7-5-14(6-8-15)18-11-23/h1-9H. The second-order valence-electron chi connectivity index (χ2n) is 4.52. The van der Waals surface area contributed by atoms with Crippen LogP contribution >= 0.6 is 0 Å². The van der Waals surface area contributed by atoms with E-state index < -0.39 is 0 Å². The Morgan fingerprint density at radius 2 is 1.39 bits per heavy atom. The van der Waals surface area contributed by atoms with E-state index in [1.807, 2.05) is 0 Å². The topological polar surface area (TPSA) is 89.6 Å². The van der Waals surface area contributed by atoms with Crippen LogP contribution in [-0.2, 0) is 9.59 Å². The smallest absolute Gasteiger partial charge is 0.220 e. The van der Waals surface area contributed by atoms with E-state index in [1.54, 1.807) is 59.4 Å². The molecule has 23 heavy (non-hydrogen) atoms. The summed E-state index contributed by atoms with van der Waals surface area (Å²) >= 11 is 0. The molecule has 7 nitrogen and oxygen atoms in total. The van der Waals surface area contributed by atoms with E-state index in [0.29, 0.717) is 17.1 Å². The minimum atomic E-state index is 0.524. The van der Waals surface area contributed by atoms with Crippen molar-refractivity contribution < 1.29 is 9.59 Å². The Labute approximate surface area is 130 Å². The number of hydrogen-bond donors (Lipinski definition) is 0. The second kappa shape index (κ2) is 6.41. The van der Waals surface area contributed by atoms with Crippen LogP contribution in [0.5, 0.6) is 0 Å². The lowest BCUT2D eigenvalue weighted by Crippen LogP contribution is -1.93. The Hall–Kier alpha value is -3.66. The van der Waals surface area contributed by atoms with Gasteiger partial charge in [0, 0.05) is 5.56 Å². The molecule has 2 aromatic carbocycles. The number of isocyanates is 2. The molecule has 110 valence electrons. The number of aliphatic imine (C=N–C) groups is 2. The summed E-state index contributed by atoms with van der Waals surface area (Å²) in [5.41, 5.74) is 3.37. The third-order valence-corrected chi connectivity index (χ3v) is 3.12. The van der Waals surface area contributed by atoms with Gasteiger partial charge in [0.2, 0.25) is 12.2 Å². The van der Waals surface area contributed by atoms with Crippen LogP contribution in [0.15, 0.2) is 64.7 Å². The van der Waals surface area contributed by atoms with E-state index in [1.165, 1.54) is 12.2 Å². The van der Waals surface area contributed by atoms with Crippen molar-refractivity contribution in [1.29, 1.82) is 0 Å². The number of carbonyl (C=O) groups excluding carboxylic acids is 2. The minimum absolute atomic E-state index is 0.524. The summed E-state index contributed by atoms with van der Waals surface area (Å²) in [4.78, 5) is 27.5. The number of aromatic nitrogens is 3. The van der Waals surface area contributed by atoms with Gasteiger partial charge in [0.15, 0.2) is 0 Å². The molecule has 0 bridgehead atoms. The Morgan fingerprint density at radius 3 is 1.96 bits per heavy atom. The van der Waals surface area contributed by atoms with E-state index in [2.05, 4.69) is 20.3 Å². The minimum Gasteiger partial charge on any atom is -0.220 e. The van der Waals surface area contributed by atoms with Crippen molar-refractivity contribution >= 4 is 23.5 Å². The van der Waals surface area contributed by atoms with Crippen LogP contribution in [-0.4, -0.2) is 27.2 Å². The molecule has 0 aliphatic heterocycles. The van der Waals surface area contributed by atoms with Crippen molar-refractivity contribution in [3.8, 4) is 16.9 Å². The van der Waals surface area contributed by atoms with Crippen LogP contribution in [0.3, 0.4) is 0 Å². The molecular formula is C16H9N5O2. The summed E-state index contributed by atoms with van der Waals surface area (Å²) in [6, 6.07) is 13.9. The van der Waals surface area contributed by atoms with Crippen LogP contribution in [0.2, 0.25) is 0 Å². The van der Waals surface area contributed by atoms with Gasteiger partial charge in [0.25, 0.3) is 0 Å². The molecule has 0 radical (unpaired) electrons. The summed E-state index contributed by atoms with van der Waals surface area (Å²) in [7, 11) is 0. The number of hydrogen-bond acceptors (Lipinski definition) is 6. The SMILES string of the molecule is O=C=Nc1ccc(-c2cn(-c3ccc(N=C=O)cc3)nn2)cc1. The van der Waals surface area contributed by atoms with Gasteiger partial charge in [-0.15, -0.1) is 5.10 Å². The molecule has 0 saturated heterocycles. The van der Waals surface area contributed by atoms with Gasteiger partial charge in [-0.3, -0.25) is 0 Å². The molecule has 0 atom stereocenters. The van der Waals surface area contributed by atoms with Crippen molar-refractivity contribution in [2.24, 2.45) is 9.98 Å². The molecule has 1 heterocycles. The molecule has 3 aromatic rings. The molecule has 0 fully saturated rings. The molecule has 0 spiro atoms. The Bertz CT molecular complexity index is 840. The predicted octanol–water partition coefficient (Wildman–Crippen LogP) is 2.87. The van der Waals surface area contributed by atoms with E-state index in [9.17, 15) is 9.59 Å². The molecule has 1 aromatic heterocycles. The normalized spacial score (nSPS) is 9.74. The maximum atomic E-state index is 10.2. The average Bonchev–Trinajstić information content (AvgIpc) is 3.07. The van der Waals surface area contributed by atoms with E-state index in [4.69, 9.17) is 0 Å². The van der Waals surface area contributed by atoms with Gasteiger partial charge in [-0.05, 0) is 36.4 Å². The van der Waals surface area contributed by atoms with Gasteiger partial charge < -0.3 is 0 Å². The Balaban J connectivity index is 1.87. The zero-order chi connectivity index (χ0) is 16.1. The largest absolute Gasteiger partial charge is 0.240 e. The fourth-order valence-corrected chi connectivity index (χ4v) is 2.01. The van der Waals surface area contributed by atoms with Crippen LogP contribution in [0, 0.1) is 0 Å². The molecule has 0 aliphatic rings. The number of nitrogens with zero attached hydrogens (tertiary/aromatic N) is 5. The maximum Gasteiger partial charge on any atom is 0.240 e. The Morgan fingerprint density at radius 1 is 0.826 bits per heavy atom. The maximum absolute atomic E-state index is 10.2. The quantitative estimate of drug-likeness (QED) is 0.547. The summed E-state index contributed by atoms with van der Waals surface area (Å²) in [6.07, 6.45) is 4.76. The van der Waals surface area contributed by atoms with E-state index >= 15 is 0 Å². The zero-order valence-electron chi connectivity index (χ0n) is 11.7. The first-order valence-corrected chi connectivity index (χ1v) is 6.59. The molecule has 0 unspecified atom stereocenters. The van der Waals surface area contributed by atoms with Crippen LogP contribution in [0.1, 0.15) is 0 Å². The first-order valence-electron chi connectivity index (χ1n) is 6.59. The first kappa shape index (κ1) is 14.3. The first-order chi connectivity index (χ1) is 11.3. The third-order valence-electron chi connectivity index (χ3n) is 3.12. The molecule has 7 heteroatoms. The summed E-state index contributed by atoms with van der Waals surface area (Å²) < 4.78 is 1.61. The lowest BCUT2D eigenvalue weighted by molar-refractivity contribution is 0.564. The van der Waals surface area contributed by atoms with Crippen LogP contribution < -0.4 is 0 Å². The average molecular weight is 303 g/mol. The lowest BCUT2D eigenvalue weighted by Gasteiger charge is -1.99. The van der Waals surface area contributed by atoms with Crippen LogP contribution in [0.4, 0.5) is 11.4 Å². The zero-order valence-corrected chi connectivity index (χ0v) is 11.7. The Kier molecular flexibility index (Phi) is 3.98. The highest BCUT2D eigenvalue weighted by molar-refractivity contribution is 5.62. The van der Waals surface area contributed by atoms with Gasteiger partial charge in [-0.25, -0.2) is 14.3 Å². The summed E-state index contributed by atoms with van der Waals surface area (Å²) in [5, 5.41) is 8.19. The van der Waals surface area contributed by atoms with Gasteiger partial charge >= 0.3 is 0 Å². The molecular weight excluding hydrogens is 294 g/mol. The van der Waals surface area contributed by atoms with Crippen molar-refractivity contribution in [2.75, 3.05) is 0 Å². The lowest BCUT2D eigenvalue weighted by atomic mass is 10.1. The monoisotopic (exact) mass is 303 g/mol. The number of benzene rings is 2. The summed E-state index contributed by atoms with van der Waals surface area (Å²) in [5.74, 6) is 0. The second-order valence-corrected chi connectivity index (χ2v) is 4.52. The molecule has 0 amide bonds. The van der Waals surface area contributed by atoms with Gasteiger partial charge in [0.05, 0.1) is 23.3 Å². The van der Waals surface area contributed by atoms with Gasteiger partial charge in [-0.1, -0.05) is 17.3 Å². The summed E-state index contributed by atoms with van der Waals surface area (Å²) in [6.45, 7) is 0. The highest BCUT2D eigenvalue weighted by Gasteiger charge is 2.05. The molecule has 3 rings (SSSR count). The highest BCUT2D eigenvalue weighted by atomic mass is 16.1. The van der Waals surface area contributed by atoms with Crippen molar-refractivity contribution in [3.05, 3.63) is 54.7 Å². The van der Waals surface area contributed by atoms with Crippen molar-refractivity contribution in [1.82, 2.24) is 15.0 Å². The van der Waals surface area contributed by atoms with Crippen molar-refractivity contribution in [3.63, 3.8) is 0 Å². The molecule has 0 aliphatic carbocycles. The predicted molar refractivity (Wildman–Crippen MR) is 82.4 cm³/mol. The van der Waals surface area contributed by atoms with Gasteiger partial charge in [0.1, 0.15) is 5.69 Å². The molecule has 0 saturated carbocycles. The van der Waals surface area contributed by atoms with Crippen LogP contribution in [0.25, 0.3) is 16.9 Å². The number of rotatable bonds is 4.